The van der Waals surface area contributed by atoms with E-state index in [1.807, 2.05) is 44.4 Å². The summed E-state index contributed by atoms with van der Waals surface area (Å²) in [5.41, 5.74) is 2.35. The van der Waals surface area contributed by atoms with Crippen molar-refractivity contribution >= 4 is 29.1 Å². The minimum absolute atomic E-state index is 0.0414. The van der Waals surface area contributed by atoms with Crippen LogP contribution in [0.15, 0.2) is 66.4 Å². The lowest BCUT2D eigenvalue weighted by atomic mass is 9.95. The Hall–Kier alpha value is -3.42. The molecule has 0 saturated carbocycles. The van der Waals surface area contributed by atoms with Gasteiger partial charge >= 0.3 is 0 Å². The van der Waals surface area contributed by atoms with E-state index < -0.39 is 23.5 Å². The molecule has 4 rings (SSSR count). The van der Waals surface area contributed by atoms with Crippen LogP contribution in [0.25, 0.3) is 11.4 Å². The van der Waals surface area contributed by atoms with Crippen molar-refractivity contribution < 1.29 is 19.6 Å². The number of carbonyl (C=O) groups is 2. The number of ketones is 1. The molecular formula is C26H27ClN4O3. The highest BCUT2D eigenvalue weighted by Crippen LogP contribution is 2.39. The number of para-hydroxylation sites is 1. The average Bonchev–Trinajstić information content (AvgIpc) is 3.32. The summed E-state index contributed by atoms with van der Waals surface area (Å²) in [5, 5.41) is 18.6. The number of Topliss-reactive ketones (excluding diaryl/α,β-unsaturated/α-hetero) is 1. The van der Waals surface area contributed by atoms with E-state index in [0.717, 1.165) is 12.2 Å². The minimum Gasteiger partial charge on any atom is -0.872 e. The number of rotatable bonds is 7. The maximum absolute atomic E-state index is 13.7. The van der Waals surface area contributed by atoms with Crippen molar-refractivity contribution in [1.29, 1.82) is 0 Å². The van der Waals surface area contributed by atoms with E-state index in [2.05, 4.69) is 5.10 Å². The Balaban J connectivity index is 1.80. The summed E-state index contributed by atoms with van der Waals surface area (Å²) in [6.45, 7) is 2.99. The Labute approximate surface area is 203 Å². The topological polar surface area (TPSA) is 82.7 Å². The molecule has 8 heteroatoms. The van der Waals surface area contributed by atoms with Crippen molar-refractivity contribution in [3.63, 3.8) is 0 Å². The highest BCUT2D eigenvalue weighted by molar-refractivity contribution is 6.46. The van der Waals surface area contributed by atoms with Gasteiger partial charge in [0.05, 0.1) is 38.6 Å². The second-order valence-corrected chi connectivity index (χ2v) is 9.16. The van der Waals surface area contributed by atoms with E-state index in [1.54, 1.807) is 35.9 Å². The highest BCUT2D eigenvalue weighted by Gasteiger charge is 2.44. The number of nitrogens with one attached hydrogen (secondary N) is 1. The largest absolute Gasteiger partial charge is 0.872 e. The predicted molar refractivity (Wildman–Crippen MR) is 128 cm³/mol. The standard InChI is InChI=1S/C26H27ClN4O3/c1-17-21(16-28-31(17)20-8-5-4-6-9-20)24(32)22-23(18-10-12-19(27)13-11-18)30(26(34)25(22)33)15-7-14-29(2)3/h4-6,8-13,16,23,32H,7,14-15H2,1-3H3. The third-order valence-electron chi connectivity index (χ3n) is 6.05. The molecule has 0 spiro atoms. The molecule has 1 N–H and O–H groups in total. The van der Waals surface area contributed by atoms with Crippen LogP contribution in [-0.2, 0) is 9.59 Å². The lowest BCUT2D eigenvalue weighted by Crippen LogP contribution is -3.05. The molecule has 7 nitrogen and oxygen atoms in total. The quantitative estimate of drug-likeness (QED) is 0.317. The van der Waals surface area contributed by atoms with Gasteiger partial charge in [-0.2, -0.15) is 5.10 Å². The van der Waals surface area contributed by atoms with Gasteiger partial charge in [-0.3, -0.25) is 9.59 Å². The van der Waals surface area contributed by atoms with Crippen LogP contribution in [0, 0.1) is 6.92 Å². The second-order valence-electron chi connectivity index (χ2n) is 8.73. The predicted octanol–water partition coefficient (Wildman–Crippen LogP) is 1.59. The first-order chi connectivity index (χ1) is 16.3. The van der Waals surface area contributed by atoms with E-state index in [-0.39, 0.29) is 5.57 Å². The van der Waals surface area contributed by atoms with E-state index in [1.165, 1.54) is 16.0 Å². The highest BCUT2D eigenvalue weighted by atomic mass is 35.5. The van der Waals surface area contributed by atoms with Gasteiger partial charge in [-0.1, -0.05) is 47.7 Å². The normalized spacial score (nSPS) is 17.7. The molecular weight excluding hydrogens is 452 g/mol. The van der Waals surface area contributed by atoms with Gasteiger partial charge < -0.3 is 14.9 Å². The fourth-order valence-electron chi connectivity index (χ4n) is 4.30. The molecule has 1 atom stereocenters. The summed E-state index contributed by atoms with van der Waals surface area (Å²) in [4.78, 5) is 29.0. The summed E-state index contributed by atoms with van der Waals surface area (Å²) in [6, 6.07) is 15.6. The summed E-state index contributed by atoms with van der Waals surface area (Å²) in [6.07, 6.45) is 2.17. The summed E-state index contributed by atoms with van der Waals surface area (Å²) in [7, 11) is 4.06. The van der Waals surface area contributed by atoms with E-state index >= 15 is 0 Å². The molecule has 1 aliphatic heterocycles. The average molecular weight is 479 g/mol. The molecule has 0 radical (unpaired) electrons. The number of benzene rings is 2. The van der Waals surface area contributed by atoms with Crippen molar-refractivity contribution in [3.05, 3.63) is 88.2 Å². The lowest BCUT2D eigenvalue weighted by Gasteiger charge is -2.27. The summed E-state index contributed by atoms with van der Waals surface area (Å²) < 4.78 is 1.66. The zero-order valence-electron chi connectivity index (χ0n) is 19.4. The van der Waals surface area contributed by atoms with Crippen molar-refractivity contribution in [2.45, 2.75) is 19.4 Å². The van der Waals surface area contributed by atoms with Crippen molar-refractivity contribution in [1.82, 2.24) is 14.7 Å². The third kappa shape index (κ3) is 4.49. The number of halogens is 1. The van der Waals surface area contributed by atoms with E-state index in [4.69, 9.17) is 11.6 Å². The first-order valence-electron chi connectivity index (χ1n) is 11.2. The van der Waals surface area contributed by atoms with Gasteiger partial charge in [-0.05, 0) is 36.8 Å². The first kappa shape index (κ1) is 23.7. The molecule has 1 aromatic heterocycles. The molecule has 0 aliphatic carbocycles. The van der Waals surface area contributed by atoms with Crippen molar-refractivity contribution in [2.24, 2.45) is 0 Å². The van der Waals surface area contributed by atoms with Crippen LogP contribution in [-0.4, -0.2) is 53.6 Å². The fourth-order valence-corrected chi connectivity index (χ4v) is 4.43. The number of quaternary nitrogens is 1. The molecule has 3 aromatic rings. The maximum Gasteiger partial charge on any atom is 0.295 e. The van der Waals surface area contributed by atoms with Crippen molar-refractivity contribution in [3.8, 4) is 5.69 Å². The number of likely N-dealkylation sites (tertiary alicyclic amines) is 1. The number of aromatic nitrogens is 2. The maximum atomic E-state index is 13.7. The Morgan fingerprint density at radius 3 is 2.41 bits per heavy atom. The second kappa shape index (κ2) is 9.83. The molecule has 1 saturated heterocycles. The van der Waals surface area contributed by atoms with Gasteiger partial charge in [-0.25, -0.2) is 4.68 Å². The number of amides is 1. The zero-order valence-corrected chi connectivity index (χ0v) is 20.2. The molecule has 1 fully saturated rings. The monoisotopic (exact) mass is 478 g/mol. The van der Waals surface area contributed by atoms with Crippen LogP contribution >= 0.6 is 11.6 Å². The van der Waals surface area contributed by atoms with Crippen LogP contribution in [0.3, 0.4) is 0 Å². The molecule has 1 amide bonds. The number of hydrogen-bond donors (Lipinski definition) is 1. The van der Waals surface area contributed by atoms with E-state index in [9.17, 15) is 14.7 Å². The van der Waals surface area contributed by atoms with Crippen LogP contribution in [0.1, 0.15) is 29.3 Å². The van der Waals surface area contributed by atoms with Crippen LogP contribution in [0.5, 0.6) is 0 Å². The Morgan fingerprint density at radius 2 is 1.76 bits per heavy atom. The van der Waals surface area contributed by atoms with Crippen molar-refractivity contribution in [2.75, 3.05) is 27.2 Å². The lowest BCUT2D eigenvalue weighted by molar-refractivity contribution is -0.858. The third-order valence-corrected chi connectivity index (χ3v) is 6.30. The molecule has 1 aliphatic rings. The van der Waals surface area contributed by atoms with Gasteiger partial charge in [0, 0.05) is 34.8 Å². The Morgan fingerprint density at radius 1 is 1.09 bits per heavy atom. The van der Waals surface area contributed by atoms with Gasteiger partial charge in [0.1, 0.15) is 0 Å². The molecule has 176 valence electrons. The minimum atomic E-state index is -0.763. The molecule has 0 bridgehead atoms. The summed E-state index contributed by atoms with van der Waals surface area (Å²) >= 11 is 6.07. The van der Waals surface area contributed by atoms with Crippen LogP contribution in [0.2, 0.25) is 5.02 Å². The smallest absolute Gasteiger partial charge is 0.295 e. The number of carbonyl (C=O) groups excluding carboxylic acids is 2. The molecule has 1 unspecified atom stereocenters. The first-order valence-corrected chi connectivity index (χ1v) is 11.6. The van der Waals surface area contributed by atoms with Gasteiger partial charge in [-0.15, -0.1) is 0 Å². The molecule has 2 aromatic carbocycles. The zero-order chi connectivity index (χ0) is 24.4. The summed E-state index contributed by atoms with van der Waals surface area (Å²) in [5.74, 6) is -1.88. The van der Waals surface area contributed by atoms with Gasteiger partial charge in [0.25, 0.3) is 5.91 Å². The number of nitrogens with zero attached hydrogens (tertiary/aromatic N) is 3. The van der Waals surface area contributed by atoms with Crippen LogP contribution < -0.4 is 10.0 Å². The van der Waals surface area contributed by atoms with E-state index in [0.29, 0.717) is 34.8 Å². The SMILES string of the molecule is Cc1c(C([O-])=C2C(=O)C(=O)N(CCC[NH+](C)C)C2c2ccc(Cl)cc2)cnn1-c1ccccc1. The van der Waals surface area contributed by atoms with Gasteiger partial charge in [0.15, 0.2) is 0 Å². The Bertz CT molecular complexity index is 1230. The van der Waals surface area contributed by atoms with Crippen LogP contribution in [0.4, 0.5) is 0 Å². The van der Waals surface area contributed by atoms with Gasteiger partial charge in [0.2, 0.25) is 5.78 Å². The Kier molecular flexibility index (Phi) is 6.86. The number of hydrogen-bond acceptors (Lipinski definition) is 4. The molecule has 2 heterocycles. The fraction of sp³-hybridized carbons (Fsp3) is 0.269. The molecule has 34 heavy (non-hydrogen) atoms.